The molecule has 4 nitrogen and oxygen atoms in total. The molecule has 0 saturated heterocycles. The molecule has 1 N–H and O–H groups in total. The van der Waals surface area contributed by atoms with Crippen LogP contribution in [0, 0.1) is 44.3 Å². The first-order valence-corrected chi connectivity index (χ1v) is 13.9. The highest BCUT2D eigenvalue weighted by molar-refractivity contribution is 5.96. The van der Waals surface area contributed by atoms with Crippen LogP contribution in [0.3, 0.4) is 0 Å². The van der Waals surface area contributed by atoms with Crippen LogP contribution < -0.4 is 0 Å². The second-order valence-electron chi connectivity index (χ2n) is 14.6. The summed E-state index contributed by atoms with van der Waals surface area (Å²) >= 11 is 0. The van der Waals surface area contributed by atoms with E-state index in [1.165, 1.54) is 18.3 Å². The average Bonchev–Trinajstić information content (AvgIpc) is 2.78. The SMILES string of the molecule is COC(=O)[C@]1(C)C=C2C3=CC(=O)[C@@H]4[C@@]5(C)CC[C@@H](O)C(C)(C)[C@@H]5CC[C@@]4(C)[C@]3(C)CC[C@@]2(C)CC1. The van der Waals surface area contributed by atoms with Crippen molar-refractivity contribution in [1.29, 1.82) is 0 Å². The summed E-state index contributed by atoms with van der Waals surface area (Å²) in [5.74, 6) is 0.400. The molecular weight excluding hydrogens is 436 g/mol. The van der Waals surface area contributed by atoms with Gasteiger partial charge in [0.2, 0.25) is 0 Å². The van der Waals surface area contributed by atoms with Crippen LogP contribution in [0.25, 0.3) is 0 Å². The summed E-state index contributed by atoms with van der Waals surface area (Å²) in [5, 5.41) is 10.9. The van der Waals surface area contributed by atoms with Crippen LogP contribution in [0.5, 0.6) is 0 Å². The van der Waals surface area contributed by atoms with E-state index in [9.17, 15) is 14.7 Å². The predicted octanol–water partition coefficient (Wildman–Crippen LogP) is 6.42. The Morgan fingerprint density at radius 2 is 1.57 bits per heavy atom. The Morgan fingerprint density at radius 3 is 2.23 bits per heavy atom. The molecule has 0 heterocycles. The molecule has 194 valence electrons. The van der Waals surface area contributed by atoms with Gasteiger partial charge in [-0.15, -0.1) is 0 Å². The molecule has 5 aliphatic rings. The predicted molar refractivity (Wildman–Crippen MR) is 137 cm³/mol. The lowest BCUT2D eigenvalue weighted by atomic mass is 9.34. The van der Waals surface area contributed by atoms with Gasteiger partial charge in [-0.1, -0.05) is 47.6 Å². The van der Waals surface area contributed by atoms with Gasteiger partial charge >= 0.3 is 5.97 Å². The number of carbonyl (C=O) groups is 2. The highest BCUT2D eigenvalue weighted by Crippen LogP contribution is 2.74. The van der Waals surface area contributed by atoms with Gasteiger partial charge in [0.05, 0.1) is 18.6 Å². The molecule has 0 radical (unpaired) electrons. The van der Waals surface area contributed by atoms with Gasteiger partial charge in [-0.3, -0.25) is 9.59 Å². The number of methoxy groups -OCH3 is 1. The Hall–Kier alpha value is -1.42. The fraction of sp³-hybridized carbons (Fsp3) is 0.806. The molecule has 3 fully saturated rings. The minimum atomic E-state index is -0.642. The zero-order valence-electron chi connectivity index (χ0n) is 23.2. The lowest BCUT2D eigenvalue weighted by Gasteiger charge is -2.69. The molecule has 0 aromatic heterocycles. The molecule has 0 amide bonds. The monoisotopic (exact) mass is 482 g/mol. The van der Waals surface area contributed by atoms with Crippen molar-refractivity contribution in [3.05, 3.63) is 23.3 Å². The van der Waals surface area contributed by atoms with Crippen molar-refractivity contribution in [1.82, 2.24) is 0 Å². The minimum absolute atomic E-state index is 0.000392. The second kappa shape index (κ2) is 7.33. The number of hydrogen-bond donors (Lipinski definition) is 1. The van der Waals surface area contributed by atoms with Crippen LogP contribution in [0.15, 0.2) is 23.3 Å². The molecule has 0 bridgehead atoms. The Bertz CT molecular complexity index is 1040. The Balaban J connectivity index is 1.67. The smallest absolute Gasteiger partial charge is 0.315 e. The maximum atomic E-state index is 14.3. The van der Waals surface area contributed by atoms with E-state index in [4.69, 9.17) is 4.74 Å². The highest BCUT2D eigenvalue weighted by Gasteiger charge is 2.69. The molecule has 5 aliphatic carbocycles. The summed E-state index contributed by atoms with van der Waals surface area (Å²) in [6.45, 7) is 15.9. The van der Waals surface area contributed by atoms with E-state index >= 15 is 0 Å². The van der Waals surface area contributed by atoms with Crippen LogP contribution in [-0.2, 0) is 14.3 Å². The van der Waals surface area contributed by atoms with Crippen LogP contribution in [0.1, 0.15) is 99.8 Å². The van der Waals surface area contributed by atoms with E-state index in [0.717, 1.165) is 51.4 Å². The number of ether oxygens (including phenoxy) is 1. The first kappa shape index (κ1) is 25.2. The van der Waals surface area contributed by atoms with Crippen LogP contribution >= 0.6 is 0 Å². The van der Waals surface area contributed by atoms with Gasteiger partial charge in [-0.05, 0) is 109 Å². The molecule has 0 spiro atoms. The van der Waals surface area contributed by atoms with Crippen molar-refractivity contribution < 1.29 is 19.4 Å². The first-order chi connectivity index (χ1) is 16.1. The molecular formula is C31H46O4. The van der Waals surface area contributed by atoms with Gasteiger partial charge in [0, 0.05) is 5.92 Å². The second-order valence-corrected chi connectivity index (χ2v) is 14.6. The summed E-state index contributed by atoms with van der Waals surface area (Å²) < 4.78 is 5.20. The molecule has 0 aliphatic heterocycles. The van der Waals surface area contributed by atoms with Crippen molar-refractivity contribution in [2.75, 3.05) is 7.11 Å². The third-order valence-corrected chi connectivity index (χ3v) is 12.6. The number of hydrogen-bond acceptors (Lipinski definition) is 4. The highest BCUT2D eigenvalue weighted by atomic mass is 16.5. The summed E-state index contributed by atoms with van der Waals surface area (Å²) in [6.07, 6.45) is 11.5. The Labute approximate surface area is 212 Å². The lowest BCUT2D eigenvalue weighted by Crippen LogP contribution is -2.65. The third kappa shape index (κ3) is 3.01. The maximum absolute atomic E-state index is 14.3. The summed E-state index contributed by atoms with van der Waals surface area (Å²) in [6, 6.07) is 0. The summed E-state index contributed by atoms with van der Waals surface area (Å²) in [7, 11) is 1.47. The first-order valence-electron chi connectivity index (χ1n) is 13.9. The molecule has 5 rings (SSSR count). The van der Waals surface area contributed by atoms with Crippen molar-refractivity contribution in [2.45, 2.75) is 106 Å². The van der Waals surface area contributed by atoms with Crippen LogP contribution in [0.4, 0.5) is 0 Å². The van der Waals surface area contributed by atoms with Gasteiger partial charge in [0.25, 0.3) is 0 Å². The van der Waals surface area contributed by atoms with Gasteiger partial charge < -0.3 is 9.84 Å². The lowest BCUT2D eigenvalue weighted by molar-refractivity contribution is -0.197. The van der Waals surface area contributed by atoms with Crippen molar-refractivity contribution in [2.24, 2.45) is 44.3 Å². The molecule has 8 atom stereocenters. The van der Waals surface area contributed by atoms with E-state index in [2.05, 4.69) is 47.6 Å². The largest absolute Gasteiger partial charge is 0.468 e. The maximum Gasteiger partial charge on any atom is 0.315 e. The van der Waals surface area contributed by atoms with E-state index in [1.54, 1.807) is 0 Å². The van der Waals surface area contributed by atoms with Crippen molar-refractivity contribution in [3.8, 4) is 0 Å². The normalized spacial score (nSPS) is 50.5. The molecule has 0 unspecified atom stereocenters. The average molecular weight is 483 g/mol. The third-order valence-electron chi connectivity index (χ3n) is 12.6. The number of fused-ring (bicyclic) bond motifs is 7. The van der Waals surface area contributed by atoms with E-state index in [1.807, 2.05) is 13.0 Å². The number of ketones is 1. The molecule has 3 saturated carbocycles. The Kier molecular flexibility index (Phi) is 5.29. The molecule has 0 aromatic carbocycles. The number of esters is 1. The standard InChI is InChI=1S/C31H46O4/c1-26(2)22-9-12-31(7)24(29(22,5)11-10-23(26)33)21(32)17-19-20-18-28(4,25(34)35-8)14-13-27(20,3)15-16-30(19,31)6/h17-18,22-24,33H,9-16H2,1-8H3/t22-,23+,24+,27+,28-,29-,30+,31+/m0/s1. The molecule has 35 heavy (non-hydrogen) atoms. The van der Waals surface area contributed by atoms with Gasteiger partial charge in [0.1, 0.15) is 0 Å². The fourth-order valence-corrected chi connectivity index (χ4v) is 9.98. The Morgan fingerprint density at radius 1 is 0.914 bits per heavy atom. The molecule has 4 heteroatoms. The number of carbonyl (C=O) groups excluding carboxylic acids is 2. The number of rotatable bonds is 1. The fourth-order valence-electron chi connectivity index (χ4n) is 9.98. The van der Waals surface area contributed by atoms with Crippen LogP contribution in [0.2, 0.25) is 0 Å². The zero-order chi connectivity index (χ0) is 25.8. The van der Waals surface area contributed by atoms with E-state index in [0.29, 0.717) is 5.92 Å². The van der Waals surface area contributed by atoms with E-state index in [-0.39, 0.29) is 50.8 Å². The van der Waals surface area contributed by atoms with Crippen LogP contribution in [-0.4, -0.2) is 30.1 Å². The van der Waals surface area contributed by atoms with Crippen molar-refractivity contribution >= 4 is 11.8 Å². The topological polar surface area (TPSA) is 63.6 Å². The van der Waals surface area contributed by atoms with Gasteiger partial charge in [-0.2, -0.15) is 0 Å². The number of aliphatic hydroxyl groups excluding tert-OH is 1. The van der Waals surface area contributed by atoms with Crippen molar-refractivity contribution in [3.63, 3.8) is 0 Å². The summed E-state index contributed by atoms with van der Waals surface area (Å²) in [4.78, 5) is 27.0. The quantitative estimate of drug-likeness (QED) is 0.438. The van der Waals surface area contributed by atoms with E-state index < -0.39 is 5.41 Å². The van der Waals surface area contributed by atoms with Gasteiger partial charge in [0.15, 0.2) is 5.78 Å². The number of aliphatic hydroxyl groups is 1. The van der Waals surface area contributed by atoms with Gasteiger partial charge in [-0.25, -0.2) is 0 Å². The zero-order valence-corrected chi connectivity index (χ0v) is 23.2. The summed E-state index contributed by atoms with van der Waals surface area (Å²) in [5.41, 5.74) is 1.24. The number of allylic oxidation sites excluding steroid dienone is 3. The minimum Gasteiger partial charge on any atom is -0.468 e. The molecule has 0 aromatic rings.